The van der Waals surface area contributed by atoms with Gasteiger partial charge in [0, 0.05) is 19.6 Å². The van der Waals surface area contributed by atoms with Gasteiger partial charge in [0.25, 0.3) is 0 Å². The monoisotopic (exact) mass is 431 g/mol. The number of nitrogens with two attached hydrogens (primary N) is 1. The van der Waals surface area contributed by atoms with Gasteiger partial charge in [-0.3, -0.25) is 4.79 Å². The molecule has 29 heavy (non-hydrogen) atoms. The molecule has 0 spiro atoms. The zero-order chi connectivity index (χ0) is 21.4. The number of aromatic nitrogens is 2. The number of carboxylic acids is 1. The molecule has 2 heterocycles. The number of piperazine rings is 1. The van der Waals surface area contributed by atoms with Crippen molar-refractivity contribution in [2.75, 3.05) is 30.3 Å². The molecule has 0 radical (unpaired) electrons. The molecule has 3 rings (SSSR count). The van der Waals surface area contributed by atoms with Crippen LogP contribution in [0.3, 0.4) is 0 Å². The van der Waals surface area contributed by atoms with Crippen molar-refractivity contribution in [3.8, 4) is 0 Å². The molecule has 0 amide bonds. The average Bonchev–Trinajstić information content (AvgIpc) is 2.67. The van der Waals surface area contributed by atoms with E-state index in [4.69, 9.17) is 5.73 Å². The highest BCUT2D eigenvalue weighted by Gasteiger charge is 2.41. The van der Waals surface area contributed by atoms with Gasteiger partial charge < -0.3 is 15.7 Å². The van der Waals surface area contributed by atoms with Gasteiger partial charge in [-0.1, -0.05) is 0 Å². The quantitative estimate of drug-likeness (QED) is 0.735. The van der Waals surface area contributed by atoms with E-state index in [-0.39, 0.29) is 25.5 Å². The van der Waals surface area contributed by atoms with Crippen molar-refractivity contribution in [1.82, 2.24) is 14.3 Å². The van der Waals surface area contributed by atoms with E-state index in [1.165, 1.54) is 12.4 Å². The number of hydrogen-bond donors (Lipinski definition) is 2. The van der Waals surface area contributed by atoms with Crippen molar-refractivity contribution in [2.45, 2.75) is 17.1 Å². The summed E-state index contributed by atoms with van der Waals surface area (Å²) >= 11 is 0. The van der Waals surface area contributed by atoms with Crippen molar-refractivity contribution in [3.63, 3.8) is 0 Å². The first-order valence-electron chi connectivity index (χ1n) is 8.24. The molecule has 0 bridgehead atoms. The Morgan fingerprint density at radius 2 is 1.79 bits per heavy atom. The van der Waals surface area contributed by atoms with Gasteiger partial charge in [-0.15, -0.1) is 0 Å². The number of alkyl halides is 3. The first-order chi connectivity index (χ1) is 13.5. The van der Waals surface area contributed by atoms with E-state index in [1.54, 1.807) is 4.90 Å². The molecule has 13 heteroatoms. The summed E-state index contributed by atoms with van der Waals surface area (Å²) in [5, 5.41) is 9.54. The Morgan fingerprint density at radius 1 is 1.14 bits per heavy atom. The molecule has 1 aromatic carbocycles. The molecule has 1 aliphatic rings. The van der Waals surface area contributed by atoms with Gasteiger partial charge in [0.15, 0.2) is 0 Å². The average molecular weight is 431 g/mol. The van der Waals surface area contributed by atoms with E-state index in [0.29, 0.717) is 18.0 Å². The molecule has 0 aliphatic carbocycles. The molecule has 3 N–H and O–H groups in total. The minimum Gasteiger partial charge on any atom is -0.480 e. The number of sulfonamides is 1. The van der Waals surface area contributed by atoms with Gasteiger partial charge in [-0.25, -0.2) is 18.4 Å². The van der Waals surface area contributed by atoms with Crippen molar-refractivity contribution >= 4 is 27.6 Å². The van der Waals surface area contributed by atoms with Gasteiger partial charge >= 0.3 is 12.1 Å². The first kappa shape index (κ1) is 20.8. The van der Waals surface area contributed by atoms with E-state index >= 15 is 0 Å². The summed E-state index contributed by atoms with van der Waals surface area (Å²) < 4.78 is 64.6. The maximum Gasteiger partial charge on any atom is 0.416 e. The van der Waals surface area contributed by atoms with Crippen LogP contribution in [0.4, 0.5) is 24.8 Å². The van der Waals surface area contributed by atoms with Crippen molar-refractivity contribution < 1.29 is 31.5 Å². The van der Waals surface area contributed by atoms with Gasteiger partial charge in [0.1, 0.15) is 17.7 Å². The number of hydrogen-bond acceptors (Lipinski definition) is 7. The molecular formula is C16H16F3N5O4S. The van der Waals surface area contributed by atoms with Crippen LogP contribution in [-0.2, 0) is 21.0 Å². The number of rotatable bonds is 4. The molecule has 1 atom stereocenters. The predicted molar refractivity (Wildman–Crippen MR) is 95.4 cm³/mol. The topological polar surface area (TPSA) is 130 Å². The number of carboxylic acid groups (broad SMARTS) is 1. The zero-order valence-electron chi connectivity index (χ0n) is 14.7. The Kier molecular flexibility index (Phi) is 5.36. The third kappa shape index (κ3) is 4.24. The second kappa shape index (κ2) is 7.48. The lowest BCUT2D eigenvalue weighted by atomic mass is 10.2. The Morgan fingerprint density at radius 3 is 2.31 bits per heavy atom. The Balaban J connectivity index is 1.87. The van der Waals surface area contributed by atoms with E-state index in [2.05, 4.69) is 9.97 Å². The van der Waals surface area contributed by atoms with Crippen LogP contribution in [0.25, 0.3) is 0 Å². The van der Waals surface area contributed by atoms with Crippen LogP contribution in [0, 0.1) is 0 Å². The second-order valence-corrected chi connectivity index (χ2v) is 8.13. The number of aliphatic carboxylic acids is 1. The minimum atomic E-state index is -4.61. The molecule has 0 unspecified atom stereocenters. The van der Waals surface area contributed by atoms with Gasteiger partial charge in [-0.2, -0.15) is 17.5 Å². The number of benzene rings is 1. The Hall–Kier alpha value is -2.93. The minimum absolute atomic E-state index is 0.113. The van der Waals surface area contributed by atoms with E-state index in [9.17, 15) is 31.5 Å². The summed E-state index contributed by atoms with van der Waals surface area (Å²) in [6.45, 7) is -0.303. The summed E-state index contributed by atoms with van der Waals surface area (Å²) in [4.78, 5) is 20.8. The summed E-state index contributed by atoms with van der Waals surface area (Å²) in [5.41, 5.74) is 4.47. The highest BCUT2D eigenvalue weighted by atomic mass is 32.2. The fraction of sp³-hybridized carbons (Fsp3) is 0.312. The first-order valence-corrected chi connectivity index (χ1v) is 9.68. The number of nitrogens with zero attached hydrogens (tertiary/aromatic N) is 4. The largest absolute Gasteiger partial charge is 0.480 e. The van der Waals surface area contributed by atoms with Crippen LogP contribution in [0.5, 0.6) is 0 Å². The molecule has 9 nitrogen and oxygen atoms in total. The lowest BCUT2D eigenvalue weighted by Gasteiger charge is -2.38. The van der Waals surface area contributed by atoms with Crippen LogP contribution >= 0.6 is 0 Å². The fourth-order valence-corrected chi connectivity index (χ4v) is 4.47. The standard InChI is InChI=1S/C16H16F3N5O4S/c17-16(18,19)10-1-3-11(4-2-10)29(27,28)24-6-5-23(9-12(24)15(25)26)14-8-21-13(20)7-22-14/h1-4,7-8,12H,5-6,9H2,(H2,20,21)(H,25,26)/t12-/m1/s1. The van der Waals surface area contributed by atoms with Crippen molar-refractivity contribution in [1.29, 1.82) is 0 Å². The van der Waals surface area contributed by atoms with Gasteiger partial charge in [0.05, 0.1) is 22.9 Å². The Bertz CT molecular complexity index is 997. The van der Waals surface area contributed by atoms with Gasteiger partial charge in [0.2, 0.25) is 10.0 Å². The number of carbonyl (C=O) groups is 1. The van der Waals surface area contributed by atoms with Crippen molar-refractivity contribution in [2.24, 2.45) is 0 Å². The van der Waals surface area contributed by atoms with Gasteiger partial charge in [-0.05, 0) is 24.3 Å². The Labute approximate surface area is 163 Å². The molecule has 1 saturated heterocycles. The molecule has 0 saturated carbocycles. The number of halogens is 3. The van der Waals surface area contributed by atoms with Crippen LogP contribution < -0.4 is 10.6 Å². The summed E-state index contributed by atoms with van der Waals surface area (Å²) in [6.07, 6.45) is -1.98. The summed E-state index contributed by atoms with van der Waals surface area (Å²) in [6, 6.07) is 1.45. The lowest BCUT2D eigenvalue weighted by molar-refractivity contribution is -0.141. The van der Waals surface area contributed by atoms with E-state index in [0.717, 1.165) is 16.4 Å². The van der Waals surface area contributed by atoms with Crippen LogP contribution in [0.2, 0.25) is 0 Å². The second-order valence-electron chi connectivity index (χ2n) is 6.24. The lowest BCUT2D eigenvalue weighted by Crippen LogP contribution is -2.58. The maximum atomic E-state index is 12.9. The van der Waals surface area contributed by atoms with E-state index in [1.807, 2.05) is 0 Å². The smallest absolute Gasteiger partial charge is 0.416 e. The molecule has 1 aromatic heterocycles. The third-order valence-corrected chi connectivity index (χ3v) is 6.31. The van der Waals surface area contributed by atoms with Crippen LogP contribution in [0.1, 0.15) is 5.56 Å². The summed E-state index contributed by atoms with van der Waals surface area (Å²) in [5.74, 6) is -0.891. The third-order valence-electron chi connectivity index (χ3n) is 4.39. The molecular weight excluding hydrogens is 415 g/mol. The number of nitrogen functional groups attached to an aromatic ring is 1. The normalized spacial score (nSPS) is 18.6. The van der Waals surface area contributed by atoms with Crippen molar-refractivity contribution in [3.05, 3.63) is 42.2 Å². The maximum absolute atomic E-state index is 12.9. The van der Waals surface area contributed by atoms with E-state index < -0.39 is 38.7 Å². The SMILES string of the molecule is Nc1cnc(N2CCN(S(=O)(=O)c3ccc(C(F)(F)F)cc3)[C@@H](C(=O)O)C2)cn1. The molecule has 1 aliphatic heterocycles. The molecule has 156 valence electrons. The van der Waals surface area contributed by atoms with Crippen LogP contribution in [0.15, 0.2) is 41.6 Å². The molecule has 2 aromatic rings. The summed E-state index contributed by atoms with van der Waals surface area (Å²) in [7, 11) is -4.33. The fourth-order valence-electron chi connectivity index (χ4n) is 2.91. The highest BCUT2D eigenvalue weighted by Crippen LogP contribution is 2.31. The number of anilines is 2. The predicted octanol–water partition coefficient (Wildman–Crippen LogP) is 1.04. The zero-order valence-corrected chi connectivity index (χ0v) is 15.6. The van der Waals surface area contributed by atoms with Crippen LogP contribution in [-0.4, -0.2) is 59.4 Å². The highest BCUT2D eigenvalue weighted by molar-refractivity contribution is 7.89. The molecule has 1 fully saturated rings.